The molecule has 2 aromatic rings. The van der Waals surface area contributed by atoms with Crippen LogP contribution in [0.4, 0.5) is 0 Å². The summed E-state index contributed by atoms with van der Waals surface area (Å²) in [6.45, 7) is 0.469. The number of aliphatic hydroxyl groups excluding tert-OH is 1. The van der Waals surface area contributed by atoms with Gasteiger partial charge in [-0.3, -0.25) is 14.4 Å². The number of Topliss-reactive ketones (excluding diaryl/α,β-unsaturated/α-hetero) is 1. The molecule has 1 unspecified atom stereocenters. The topological polar surface area (TPSA) is 86.7 Å². The first-order valence-electron chi connectivity index (χ1n) is 11.1. The van der Waals surface area contributed by atoms with Gasteiger partial charge < -0.3 is 15.3 Å². The van der Waals surface area contributed by atoms with Crippen molar-refractivity contribution in [1.29, 1.82) is 0 Å². The third kappa shape index (κ3) is 5.68. The van der Waals surface area contributed by atoms with E-state index in [1.165, 1.54) is 45.8 Å². The molecule has 1 aliphatic carbocycles. The number of carbonyl (C=O) groups excluding carboxylic acids is 3. The van der Waals surface area contributed by atoms with Gasteiger partial charge in [-0.05, 0) is 67.6 Å². The Labute approximate surface area is 195 Å². The average Bonchev–Trinajstić information content (AvgIpc) is 3.69. The van der Waals surface area contributed by atoms with E-state index < -0.39 is 29.7 Å². The van der Waals surface area contributed by atoms with Gasteiger partial charge in [0, 0.05) is 30.8 Å². The minimum Gasteiger partial charge on any atom is -0.388 e. The molecule has 172 valence electrons. The van der Waals surface area contributed by atoms with Gasteiger partial charge in [0.05, 0.1) is 0 Å². The highest BCUT2D eigenvalue weighted by Gasteiger charge is 2.46. The molecule has 0 radical (unpaired) electrons. The van der Waals surface area contributed by atoms with Gasteiger partial charge >= 0.3 is 0 Å². The van der Waals surface area contributed by atoms with Crippen molar-refractivity contribution in [2.75, 3.05) is 20.7 Å². The molecule has 3 rings (SSSR count). The van der Waals surface area contributed by atoms with Crippen LogP contribution in [0.1, 0.15) is 53.2 Å². The van der Waals surface area contributed by atoms with Crippen LogP contribution in [0.25, 0.3) is 0 Å². The van der Waals surface area contributed by atoms with Gasteiger partial charge in [-0.25, -0.2) is 0 Å². The third-order valence-electron chi connectivity index (χ3n) is 6.31. The van der Waals surface area contributed by atoms with E-state index >= 15 is 0 Å². The minimum absolute atomic E-state index is 0.309. The lowest BCUT2D eigenvalue weighted by atomic mass is 9.92. The van der Waals surface area contributed by atoms with Gasteiger partial charge in [0.25, 0.3) is 11.8 Å². The van der Waals surface area contributed by atoms with Crippen molar-refractivity contribution in [3.63, 3.8) is 0 Å². The van der Waals surface area contributed by atoms with Crippen LogP contribution in [-0.4, -0.2) is 53.8 Å². The van der Waals surface area contributed by atoms with E-state index in [9.17, 15) is 19.5 Å². The number of rotatable bonds is 8. The summed E-state index contributed by atoms with van der Waals surface area (Å²) in [7, 11) is 2.74. The zero-order valence-corrected chi connectivity index (χ0v) is 19.4. The summed E-state index contributed by atoms with van der Waals surface area (Å²) >= 11 is 0. The summed E-state index contributed by atoms with van der Waals surface area (Å²) in [4.78, 5) is 38.6. The predicted molar refractivity (Wildman–Crippen MR) is 127 cm³/mol. The van der Waals surface area contributed by atoms with E-state index in [2.05, 4.69) is 29.3 Å². The van der Waals surface area contributed by atoms with E-state index in [-0.39, 0.29) is 0 Å². The molecule has 2 N–H and O–H groups in total. The molecule has 0 aliphatic heterocycles. The normalized spacial score (nSPS) is 14.4. The standard InChI is InChI=1S/C27H30N2O4/c1-27(24(31)18-30,26(33)28-2)29(3)25(32)23-16-14-22(15-17-23)13-12-21-10-8-20(9-11-21)7-6-19-4-5-19/h8-11,14-17,19,30H,4-7,18H2,1-3H3,(H,28,33). The van der Waals surface area contributed by atoms with Crippen LogP contribution in [-0.2, 0) is 16.0 Å². The van der Waals surface area contributed by atoms with Gasteiger partial charge in [-0.1, -0.05) is 36.8 Å². The van der Waals surface area contributed by atoms with E-state index in [1.54, 1.807) is 24.3 Å². The molecule has 6 heteroatoms. The molecule has 1 saturated carbocycles. The highest BCUT2D eigenvalue weighted by atomic mass is 16.3. The fourth-order valence-corrected chi connectivity index (χ4v) is 3.63. The highest BCUT2D eigenvalue weighted by molar-refractivity contribution is 6.14. The molecule has 2 aromatic carbocycles. The number of aliphatic hydroxyl groups is 1. The lowest BCUT2D eigenvalue weighted by Gasteiger charge is -2.35. The van der Waals surface area contributed by atoms with Crippen molar-refractivity contribution in [2.45, 2.75) is 38.1 Å². The molecule has 2 amide bonds. The van der Waals surface area contributed by atoms with Crippen LogP contribution in [0.3, 0.4) is 0 Å². The number of nitrogens with zero attached hydrogens (tertiary/aromatic N) is 1. The Hall–Kier alpha value is -3.43. The summed E-state index contributed by atoms with van der Waals surface area (Å²) in [6.07, 6.45) is 5.13. The molecule has 0 saturated heterocycles. The molecule has 0 aromatic heterocycles. The lowest BCUT2D eigenvalue weighted by Crippen LogP contribution is -2.62. The second-order valence-electron chi connectivity index (χ2n) is 8.60. The fourth-order valence-electron chi connectivity index (χ4n) is 3.63. The Balaban J connectivity index is 1.68. The largest absolute Gasteiger partial charge is 0.388 e. The minimum atomic E-state index is -1.82. The van der Waals surface area contributed by atoms with Gasteiger partial charge in [-0.15, -0.1) is 0 Å². The Morgan fingerprint density at radius 3 is 2.06 bits per heavy atom. The monoisotopic (exact) mass is 446 g/mol. The average molecular weight is 447 g/mol. The highest BCUT2D eigenvalue weighted by Crippen LogP contribution is 2.33. The summed E-state index contributed by atoms with van der Waals surface area (Å²) in [5, 5.41) is 11.7. The first-order chi connectivity index (χ1) is 15.8. The van der Waals surface area contributed by atoms with E-state index in [4.69, 9.17) is 0 Å². The van der Waals surface area contributed by atoms with Crippen LogP contribution in [0, 0.1) is 17.8 Å². The second kappa shape index (κ2) is 10.5. The number of hydrogen-bond acceptors (Lipinski definition) is 4. The molecule has 1 atom stereocenters. The van der Waals surface area contributed by atoms with Crippen LogP contribution >= 0.6 is 0 Å². The number of amides is 2. The smallest absolute Gasteiger partial charge is 0.254 e. The van der Waals surface area contributed by atoms with Gasteiger partial charge in [0.15, 0.2) is 11.3 Å². The second-order valence-corrected chi connectivity index (χ2v) is 8.60. The predicted octanol–water partition coefficient (Wildman–Crippen LogP) is 2.57. The van der Waals surface area contributed by atoms with Gasteiger partial charge in [0.1, 0.15) is 6.61 Å². The zero-order chi connectivity index (χ0) is 24.0. The Morgan fingerprint density at radius 2 is 1.58 bits per heavy atom. The molecule has 0 bridgehead atoms. The van der Waals surface area contributed by atoms with Crippen LogP contribution in [0.5, 0.6) is 0 Å². The first kappa shape index (κ1) is 24.2. The Morgan fingerprint density at radius 1 is 1.03 bits per heavy atom. The van der Waals surface area contributed by atoms with Gasteiger partial charge in [0.2, 0.25) is 0 Å². The number of aryl methyl sites for hydroxylation is 1. The Kier molecular flexibility index (Phi) is 7.67. The third-order valence-corrected chi connectivity index (χ3v) is 6.31. The maximum atomic E-state index is 12.9. The number of ketones is 1. The van der Waals surface area contributed by atoms with Crippen molar-refractivity contribution in [3.05, 3.63) is 70.8 Å². The number of carbonyl (C=O) groups is 3. The van der Waals surface area contributed by atoms with Crippen molar-refractivity contribution in [1.82, 2.24) is 10.2 Å². The van der Waals surface area contributed by atoms with Crippen LogP contribution in [0.15, 0.2) is 48.5 Å². The van der Waals surface area contributed by atoms with Crippen molar-refractivity contribution in [3.8, 4) is 11.8 Å². The molecule has 33 heavy (non-hydrogen) atoms. The number of nitrogens with one attached hydrogen (secondary N) is 1. The maximum absolute atomic E-state index is 12.9. The Bertz CT molecular complexity index is 1060. The van der Waals surface area contributed by atoms with E-state index in [0.717, 1.165) is 28.4 Å². The first-order valence-corrected chi connectivity index (χ1v) is 11.1. The molecular formula is C27H30N2O4. The van der Waals surface area contributed by atoms with E-state index in [0.29, 0.717) is 5.56 Å². The molecular weight excluding hydrogens is 416 g/mol. The molecule has 0 heterocycles. The zero-order valence-electron chi connectivity index (χ0n) is 19.4. The summed E-state index contributed by atoms with van der Waals surface area (Å²) in [5.74, 6) is 5.21. The molecule has 1 fully saturated rings. The van der Waals surface area contributed by atoms with Crippen molar-refractivity contribution < 1.29 is 19.5 Å². The lowest BCUT2D eigenvalue weighted by molar-refractivity contribution is -0.143. The number of hydrogen-bond donors (Lipinski definition) is 2. The SMILES string of the molecule is CNC(=O)C(C)(C(=O)CO)N(C)C(=O)c1ccc(C#Cc2ccc(CCC3CC3)cc2)cc1. The number of benzene rings is 2. The summed E-state index contributed by atoms with van der Waals surface area (Å²) in [5.41, 5.74) is 1.50. The fraction of sp³-hybridized carbons (Fsp3) is 0.370. The molecule has 1 aliphatic rings. The summed E-state index contributed by atoms with van der Waals surface area (Å²) < 4.78 is 0. The quantitative estimate of drug-likeness (QED) is 0.482. The van der Waals surface area contributed by atoms with Crippen molar-refractivity contribution >= 4 is 17.6 Å². The number of likely N-dealkylation sites (N-methyl/N-ethyl adjacent to an activating group) is 2. The van der Waals surface area contributed by atoms with E-state index in [1.807, 2.05) is 12.1 Å². The van der Waals surface area contributed by atoms with Crippen LogP contribution in [0.2, 0.25) is 0 Å². The van der Waals surface area contributed by atoms with Gasteiger partial charge in [-0.2, -0.15) is 0 Å². The molecule has 0 spiro atoms. The molecule has 6 nitrogen and oxygen atoms in total. The van der Waals surface area contributed by atoms with Crippen LogP contribution < -0.4 is 5.32 Å². The summed E-state index contributed by atoms with van der Waals surface area (Å²) in [6, 6.07) is 15.0. The van der Waals surface area contributed by atoms with Crippen molar-refractivity contribution in [2.24, 2.45) is 5.92 Å². The maximum Gasteiger partial charge on any atom is 0.254 e.